The molecule has 0 amide bonds. The summed E-state index contributed by atoms with van der Waals surface area (Å²) in [6.45, 7) is 0. The SMILES string of the molecule is c1ccc(-c2cc(-c3ccccc3)cc(-c3nc(-c4ccc5sc6ccccc6c5c4)nc(-c4cc5ccccc5c5oc6ccccc6c45)n3)c2)cc1. The lowest BCUT2D eigenvalue weighted by Crippen LogP contribution is -2.01. The average Bonchev–Trinajstić information content (AvgIpc) is 3.83. The summed E-state index contributed by atoms with van der Waals surface area (Å²) >= 11 is 1.81. The first kappa shape index (κ1) is 30.7. The summed E-state index contributed by atoms with van der Waals surface area (Å²) in [5, 5.41) is 6.57. The summed E-state index contributed by atoms with van der Waals surface area (Å²) in [5.74, 6) is 1.82. The molecule has 0 unspecified atom stereocenters. The molecule has 252 valence electrons. The van der Waals surface area contributed by atoms with Crippen molar-refractivity contribution in [2.24, 2.45) is 0 Å². The van der Waals surface area contributed by atoms with Crippen LogP contribution in [0.3, 0.4) is 0 Å². The van der Waals surface area contributed by atoms with Crippen LogP contribution < -0.4 is 0 Å². The minimum absolute atomic E-state index is 0.596. The van der Waals surface area contributed by atoms with Crippen LogP contribution in [0.2, 0.25) is 0 Å². The molecule has 0 fully saturated rings. The molecule has 0 atom stereocenters. The Morgan fingerprint density at radius 2 is 0.944 bits per heavy atom. The summed E-state index contributed by atoms with van der Waals surface area (Å²) in [6, 6.07) is 61.6. The van der Waals surface area contributed by atoms with Crippen molar-refractivity contribution in [3.05, 3.63) is 176 Å². The molecular weight excluding hydrogens is 679 g/mol. The highest BCUT2D eigenvalue weighted by Crippen LogP contribution is 2.42. The fourth-order valence-corrected chi connectivity index (χ4v) is 8.79. The van der Waals surface area contributed by atoms with Gasteiger partial charge in [0.2, 0.25) is 0 Å². The Balaban J connectivity index is 1.21. The topological polar surface area (TPSA) is 51.8 Å². The number of benzene rings is 8. The van der Waals surface area contributed by atoms with E-state index in [9.17, 15) is 0 Å². The van der Waals surface area contributed by atoms with Crippen molar-refractivity contribution in [3.63, 3.8) is 0 Å². The minimum atomic E-state index is 0.596. The Kier molecular flexibility index (Phi) is 7.00. The van der Waals surface area contributed by atoms with Crippen molar-refractivity contribution < 1.29 is 4.42 Å². The Morgan fingerprint density at radius 1 is 0.370 bits per heavy atom. The minimum Gasteiger partial charge on any atom is -0.455 e. The average molecular weight is 708 g/mol. The smallest absolute Gasteiger partial charge is 0.164 e. The van der Waals surface area contributed by atoms with Gasteiger partial charge in [-0.3, -0.25) is 0 Å². The zero-order valence-corrected chi connectivity index (χ0v) is 29.7. The standard InChI is InChI=1S/C49H29N3OS/c1-3-13-30(14-4-1)34-25-35(31-15-5-2-6-16-31)27-36(26-34)48-50-47(33-23-24-44-40(29-33)38-19-10-12-22-43(38)54-44)51-49(52-48)41-28-32-17-7-8-18-37(32)46-45(41)39-20-9-11-21-42(39)53-46/h1-29H. The number of aromatic nitrogens is 3. The molecule has 0 aliphatic heterocycles. The zero-order valence-electron chi connectivity index (χ0n) is 28.9. The van der Waals surface area contributed by atoms with Crippen LogP contribution in [-0.4, -0.2) is 15.0 Å². The number of hydrogen-bond acceptors (Lipinski definition) is 5. The normalized spacial score (nSPS) is 11.7. The number of furan rings is 1. The zero-order chi connectivity index (χ0) is 35.6. The molecule has 11 aromatic rings. The third-order valence-corrected chi connectivity index (χ3v) is 11.4. The Morgan fingerprint density at radius 3 is 1.70 bits per heavy atom. The van der Waals surface area contributed by atoms with Crippen molar-refractivity contribution in [2.45, 2.75) is 0 Å². The van der Waals surface area contributed by atoms with Gasteiger partial charge in [-0.05, 0) is 82.2 Å². The summed E-state index contributed by atoms with van der Waals surface area (Å²) in [4.78, 5) is 16.0. The molecule has 0 aliphatic rings. The maximum absolute atomic E-state index is 6.60. The number of rotatable bonds is 5. The van der Waals surface area contributed by atoms with Crippen molar-refractivity contribution in [1.82, 2.24) is 15.0 Å². The second kappa shape index (κ2) is 12.3. The van der Waals surface area contributed by atoms with Gasteiger partial charge in [-0.25, -0.2) is 15.0 Å². The van der Waals surface area contributed by atoms with E-state index >= 15 is 0 Å². The molecule has 8 aromatic carbocycles. The van der Waals surface area contributed by atoms with E-state index < -0.39 is 0 Å². The highest BCUT2D eigenvalue weighted by atomic mass is 32.1. The van der Waals surface area contributed by atoms with Crippen LogP contribution in [0.4, 0.5) is 0 Å². The van der Waals surface area contributed by atoms with Gasteiger partial charge in [0, 0.05) is 53.0 Å². The van der Waals surface area contributed by atoms with Gasteiger partial charge in [-0.1, -0.05) is 121 Å². The van der Waals surface area contributed by atoms with E-state index in [1.165, 1.54) is 20.2 Å². The van der Waals surface area contributed by atoms with Crippen molar-refractivity contribution >= 4 is 64.2 Å². The number of para-hydroxylation sites is 1. The van der Waals surface area contributed by atoms with Gasteiger partial charge in [-0.2, -0.15) is 0 Å². The maximum atomic E-state index is 6.60. The summed E-state index contributed by atoms with van der Waals surface area (Å²) in [6.07, 6.45) is 0. The summed E-state index contributed by atoms with van der Waals surface area (Å²) < 4.78 is 9.09. The fourth-order valence-electron chi connectivity index (χ4n) is 7.71. The second-order valence-corrected chi connectivity index (χ2v) is 14.7. The van der Waals surface area contributed by atoms with Gasteiger partial charge in [0.15, 0.2) is 17.5 Å². The van der Waals surface area contributed by atoms with Gasteiger partial charge in [-0.15, -0.1) is 11.3 Å². The predicted octanol–water partition coefficient (Wildman–Crippen LogP) is 13.6. The van der Waals surface area contributed by atoms with Gasteiger partial charge in [0.1, 0.15) is 11.2 Å². The highest BCUT2D eigenvalue weighted by Gasteiger charge is 2.21. The fraction of sp³-hybridized carbons (Fsp3) is 0. The lowest BCUT2D eigenvalue weighted by molar-refractivity contribution is 0.672. The van der Waals surface area contributed by atoms with E-state index in [0.29, 0.717) is 17.5 Å². The van der Waals surface area contributed by atoms with E-state index in [-0.39, 0.29) is 0 Å². The highest BCUT2D eigenvalue weighted by molar-refractivity contribution is 7.25. The second-order valence-electron chi connectivity index (χ2n) is 13.6. The first-order valence-corrected chi connectivity index (χ1v) is 18.8. The largest absolute Gasteiger partial charge is 0.455 e. The van der Waals surface area contributed by atoms with E-state index in [1.807, 2.05) is 24.3 Å². The molecule has 0 N–H and O–H groups in total. The molecule has 54 heavy (non-hydrogen) atoms. The summed E-state index contributed by atoms with van der Waals surface area (Å²) in [7, 11) is 0. The van der Waals surface area contributed by atoms with Crippen LogP contribution in [0.1, 0.15) is 0 Å². The number of thiophene rings is 1. The van der Waals surface area contributed by atoms with Gasteiger partial charge in [0.05, 0.1) is 0 Å². The van der Waals surface area contributed by atoms with E-state index in [1.54, 1.807) is 11.3 Å². The Labute approximate surface area is 314 Å². The lowest BCUT2D eigenvalue weighted by Gasteiger charge is -2.13. The molecule has 5 heteroatoms. The summed E-state index contributed by atoms with van der Waals surface area (Å²) in [5.41, 5.74) is 8.86. The van der Waals surface area contributed by atoms with Crippen LogP contribution >= 0.6 is 11.3 Å². The molecule has 4 nitrogen and oxygen atoms in total. The van der Waals surface area contributed by atoms with E-state index in [4.69, 9.17) is 19.4 Å². The van der Waals surface area contributed by atoms with Crippen molar-refractivity contribution in [1.29, 1.82) is 0 Å². The molecular formula is C49H29N3OS. The van der Waals surface area contributed by atoms with E-state index in [0.717, 1.165) is 71.7 Å². The monoisotopic (exact) mass is 707 g/mol. The number of nitrogens with zero attached hydrogens (tertiary/aromatic N) is 3. The van der Waals surface area contributed by atoms with Gasteiger partial charge in [0.25, 0.3) is 0 Å². The Bertz CT molecular complexity index is 3160. The first-order valence-electron chi connectivity index (χ1n) is 18.0. The van der Waals surface area contributed by atoms with Crippen LogP contribution in [0.15, 0.2) is 180 Å². The number of fused-ring (bicyclic) bond motifs is 8. The quantitative estimate of drug-likeness (QED) is 0.179. The maximum Gasteiger partial charge on any atom is 0.164 e. The van der Waals surface area contributed by atoms with Crippen LogP contribution in [0, 0.1) is 0 Å². The third-order valence-electron chi connectivity index (χ3n) is 10.3. The van der Waals surface area contributed by atoms with Crippen LogP contribution in [0.25, 0.3) is 109 Å². The van der Waals surface area contributed by atoms with E-state index in [2.05, 4.69) is 152 Å². The molecule has 0 aliphatic carbocycles. The molecule has 0 bridgehead atoms. The van der Waals surface area contributed by atoms with Gasteiger partial charge < -0.3 is 4.42 Å². The molecule has 0 saturated heterocycles. The molecule has 3 heterocycles. The molecule has 0 radical (unpaired) electrons. The Hall–Kier alpha value is -6.95. The van der Waals surface area contributed by atoms with Gasteiger partial charge >= 0.3 is 0 Å². The molecule has 0 spiro atoms. The lowest BCUT2D eigenvalue weighted by atomic mass is 9.95. The molecule has 0 saturated carbocycles. The third kappa shape index (κ3) is 5.09. The van der Waals surface area contributed by atoms with Crippen molar-refractivity contribution in [3.8, 4) is 56.4 Å². The van der Waals surface area contributed by atoms with Crippen molar-refractivity contribution in [2.75, 3.05) is 0 Å². The van der Waals surface area contributed by atoms with Crippen LogP contribution in [0.5, 0.6) is 0 Å². The molecule has 3 aromatic heterocycles. The molecule has 11 rings (SSSR count). The predicted molar refractivity (Wildman–Crippen MR) is 225 cm³/mol. The first-order chi connectivity index (χ1) is 26.7. The van der Waals surface area contributed by atoms with Crippen LogP contribution in [-0.2, 0) is 0 Å². The number of hydrogen-bond donors (Lipinski definition) is 0.